The van der Waals surface area contributed by atoms with Crippen molar-refractivity contribution in [2.24, 2.45) is 5.73 Å². The van der Waals surface area contributed by atoms with Crippen molar-refractivity contribution < 1.29 is 4.79 Å². The Hall–Kier alpha value is -2.41. The molecular weight excluding hydrogens is 334 g/mol. The van der Waals surface area contributed by atoms with E-state index in [0.29, 0.717) is 13.0 Å². The molecule has 0 saturated heterocycles. The van der Waals surface area contributed by atoms with Gasteiger partial charge in [-0.2, -0.15) is 0 Å². The summed E-state index contributed by atoms with van der Waals surface area (Å²) < 4.78 is 1.80. The van der Waals surface area contributed by atoms with E-state index in [0.717, 1.165) is 15.8 Å². The fourth-order valence-electron chi connectivity index (χ4n) is 3.15. The van der Waals surface area contributed by atoms with Crippen molar-refractivity contribution in [2.75, 3.05) is 4.90 Å². The van der Waals surface area contributed by atoms with Crippen LogP contribution in [0.1, 0.15) is 37.6 Å². The van der Waals surface area contributed by atoms with Crippen molar-refractivity contribution in [1.29, 1.82) is 0 Å². The molecule has 3 heterocycles. The summed E-state index contributed by atoms with van der Waals surface area (Å²) in [6.07, 6.45) is 2.58. The van der Waals surface area contributed by atoms with Crippen LogP contribution in [0.25, 0.3) is 4.96 Å². The minimum absolute atomic E-state index is 0.0204. The van der Waals surface area contributed by atoms with E-state index in [2.05, 4.69) is 43.0 Å². The number of nitrogens with zero attached hydrogens (tertiary/aromatic N) is 4. The molecule has 0 aliphatic carbocycles. The van der Waals surface area contributed by atoms with Crippen LogP contribution in [-0.2, 0) is 23.2 Å². The molecule has 1 aromatic carbocycles. The van der Waals surface area contributed by atoms with Gasteiger partial charge in [0, 0.05) is 18.4 Å². The molecule has 0 bridgehead atoms. The Morgan fingerprint density at radius 3 is 2.64 bits per heavy atom. The van der Waals surface area contributed by atoms with E-state index in [-0.39, 0.29) is 17.4 Å². The zero-order valence-corrected chi connectivity index (χ0v) is 15.4. The number of carbonyl (C=O) groups is 1. The van der Waals surface area contributed by atoms with Gasteiger partial charge >= 0.3 is 0 Å². The van der Waals surface area contributed by atoms with Crippen LogP contribution in [-0.4, -0.2) is 26.5 Å². The number of rotatable bonds is 2. The number of amides is 1. The molecule has 0 radical (unpaired) electrons. The number of hydrogen-bond acceptors (Lipinski definition) is 5. The normalized spacial score (nSPS) is 17.7. The summed E-state index contributed by atoms with van der Waals surface area (Å²) in [5.41, 5.74) is 9.05. The highest BCUT2D eigenvalue weighted by Crippen LogP contribution is 2.32. The summed E-state index contributed by atoms with van der Waals surface area (Å²) in [5, 5.41) is 5.45. The number of hydrogen-bond donors (Lipinski definition) is 1. The van der Waals surface area contributed by atoms with Gasteiger partial charge in [0.2, 0.25) is 16.0 Å². The van der Waals surface area contributed by atoms with Crippen molar-refractivity contribution in [3.8, 4) is 0 Å². The highest BCUT2D eigenvalue weighted by atomic mass is 32.1. The molecule has 0 spiro atoms. The number of anilines is 1. The lowest BCUT2D eigenvalue weighted by molar-refractivity contribution is -0.119. The van der Waals surface area contributed by atoms with Gasteiger partial charge in [0.05, 0.1) is 11.9 Å². The summed E-state index contributed by atoms with van der Waals surface area (Å²) in [7, 11) is 0. The lowest BCUT2D eigenvalue weighted by atomic mass is 9.93. The topological polar surface area (TPSA) is 76.5 Å². The van der Waals surface area contributed by atoms with Crippen LogP contribution in [0.2, 0.25) is 0 Å². The Morgan fingerprint density at radius 2 is 2.00 bits per heavy atom. The van der Waals surface area contributed by atoms with Gasteiger partial charge in [-0.15, -0.1) is 5.10 Å². The van der Waals surface area contributed by atoms with Crippen LogP contribution < -0.4 is 10.6 Å². The van der Waals surface area contributed by atoms with Crippen molar-refractivity contribution in [3.05, 3.63) is 47.3 Å². The van der Waals surface area contributed by atoms with Gasteiger partial charge in [-0.05, 0) is 11.1 Å². The third kappa shape index (κ3) is 2.78. The van der Waals surface area contributed by atoms with Crippen molar-refractivity contribution >= 4 is 27.3 Å². The zero-order valence-electron chi connectivity index (χ0n) is 14.6. The minimum atomic E-state index is -0.382. The van der Waals surface area contributed by atoms with Gasteiger partial charge in [-0.3, -0.25) is 4.79 Å². The van der Waals surface area contributed by atoms with Gasteiger partial charge in [-0.25, -0.2) is 9.50 Å². The first kappa shape index (κ1) is 16.1. The van der Waals surface area contributed by atoms with Crippen LogP contribution in [0.15, 0.2) is 30.5 Å². The summed E-state index contributed by atoms with van der Waals surface area (Å²) >= 11 is 1.50. The summed E-state index contributed by atoms with van der Waals surface area (Å²) in [4.78, 5) is 19.5. The lowest BCUT2D eigenvalue weighted by Crippen LogP contribution is -2.48. The van der Waals surface area contributed by atoms with E-state index in [1.165, 1.54) is 22.5 Å². The van der Waals surface area contributed by atoms with Crippen LogP contribution in [0, 0.1) is 0 Å². The number of imidazole rings is 1. The molecular formula is C18H21N5OS. The largest absolute Gasteiger partial charge is 0.368 e. The fraction of sp³-hybridized carbons (Fsp3) is 0.389. The Bertz CT molecular complexity index is 920. The van der Waals surface area contributed by atoms with Crippen LogP contribution in [0.5, 0.6) is 0 Å². The first-order chi connectivity index (χ1) is 11.8. The molecule has 4 rings (SSSR count). The van der Waals surface area contributed by atoms with Gasteiger partial charge in [0.15, 0.2) is 0 Å². The third-order valence-corrected chi connectivity index (χ3v) is 5.58. The zero-order chi connectivity index (χ0) is 17.8. The summed E-state index contributed by atoms with van der Waals surface area (Å²) in [6.45, 7) is 7.02. The van der Waals surface area contributed by atoms with E-state index in [1.54, 1.807) is 4.52 Å². The third-order valence-electron chi connectivity index (χ3n) is 4.62. The Morgan fingerprint density at radius 1 is 1.28 bits per heavy atom. The Balaban J connectivity index is 1.73. The quantitative estimate of drug-likeness (QED) is 0.766. The van der Waals surface area contributed by atoms with E-state index >= 15 is 0 Å². The molecule has 1 amide bonds. The van der Waals surface area contributed by atoms with E-state index in [9.17, 15) is 4.79 Å². The molecule has 1 aliphatic heterocycles. The molecule has 6 nitrogen and oxygen atoms in total. The van der Waals surface area contributed by atoms with Gasteiger partial charge in [-0.1, -0.05) is 56.4 Å². The molecule has 2 N–H and O–H groups in total. The number of aromatic nitrogens is 3. The average Bonchev–Trinajstić information content (AvgIpc) is 3.12. The minimum Gasteiger partial charge on any atom is -0.368 e. The maximum Gasteiger partial charge on any atom is 0.240 e. The monoisotopic (exact) mass is 355 g/mol. The number of fused-ring (bicyclic) bond motifs is 2. The maximum absolute atomic E-state index is 12.0. The molecule has 0 unspecified atom stereocenters. The Kier molecular flexibility index (Phi) is 3.57. The Labute approximate surface area is 150 Å². The molecule has 3 aromatic rings. The van der Waals surface area contributed by atoms with Crippen molar-refractivity contribution in [2.45, 2.75) is 45.2 Å². The first-order valence-corrected chi connectivity index (χ1v) is 9.14. The smallest absolute Gasteiger partial charge is 0.240 e. The standard InChI is InChI=1S/C18H21N5OS/c1-18(2,3)14-10-23-16(20-14)25-17(21-23)22-9-12-7-5-4-6-11(12)8-13(22)15(19)24/h4-7,10,13H,8-9H2,1-3H3,(H2,19,24)/t13-/m1/s1. The van der Waals surface area contributed by atoms with Crippen LogP contribution in [0.3, 0.4) is 0 Å². The highest BCUT2D eigenvalue weighted by molar-refractivity contribution is 7.20. The van der Waals surface area contributed by atoms with E-state index < -0.39 is 0 Å². The van der Waals surface area contributed by atoms with Gasteiger partial charge in [0.1, 0.15) is 6.04 Å². The second-order valence-electron chi connectivity index (χ2n) is 7.51. The van der Waals surface area contributed by atoms with Gasteiger partial charge < -0.3 is 10.6 Å². The number of benzene rings is 1. The highest BCUT2D eigenvalue weighted by Gasteiger charge is 2.32. The predicted molar refractivity (Wildman–Crippen MR) is 98.9 cm³/mol. The fourth-order valence-corrected chi connectivity index (χ4v) is 4.08. The molecule has 7 heteroatoms. The number of primary amides is 1. The average molecular weight is 355 g/mol. The summed E-state index contributed by atoms with van der Waals surface area (Å²) in [5.74, 6) is -0.322. The molecule has 2 aromatic heterocycles. The van der Waals surface area contributed by atoms with Crippen LogP contribution in [0.4, 0.5) is 5.13 Å². The van der Waals surface area contributed by atoms with E-state index in [4.69, 9.17) is 5.73 Å². The van der Waals surface area contributed by atoms with Crippen molar-refractivity contribution in [1.82, 2.24) is 14.6 Å². The second kappa shape index (κ2) is 5.56. The predicted octanol–water partition coefficient (Wildman–Crippen LogP) is 2.50. The number of carbonyl (C=O) groups excluding carboxylic acids is 1. The molecule has 0 saturated carbocycles. The van der Waals surface area contributed by atoms with Crippen LogP contribution >= 0.6 is 11.3 Å². The summed E-state index contributed by atoms with van der Waals surface area (Å²) in [6, 6.07) is 7.79. The molecule has 0 fully saturated rings. The van der Waals surface area contributed by atoms with E-state index in [1.807, 2.05) is 23.2 Å². The molecule has 1 aliphatic rings. The second-order valence-corrected chi connectivity index (χ2v) is 8.44. The lowest BCUT2D eigenvalue weighted by Gasteiger charge is -2.34. The SMILES string of the molecule is CC(C)(C)c1cn2nc(N3Cc4ccccc4C[C@@H]3C(N)=O)sc2n1. The van der Waals surface area contributed by atoms with Crippen molar-refractivity contribution in [3.63, 3.8) is 0 Å². The molecule has 1 atom stereocenters. The first-order valence-electron chi connectivity index (χ1n) is 8.32. The van der Waals surface area contributed by atoms with Gasteiger partial charge in [0.25, 0.3) is 0 Å². The maximum atomic E-state index is 12.0. The number of nitrogens with two attached hydrogens (primary N) is 1. The molecule has 130 valence electrons. The molecule has 25 heavy (non-hydrogen) atoms.